The van der Waals surface area contributed by atoms with Crippen LogP contribution in [0.2, 0.25) is 0 Å². The fraction of sp³-hybridized carbons (Fsp3) is 0.727. The van der Waals surface area contributed by atoms with E-state index < -0.39 is 37.3 Å². The van der Waals surface area contributed by atoms with Gasteiger partial charge in [0.05, 0.1) is 13.2 Å². The van der Waals surface area contributed by atoms with Crippen LogP contribution in [-0.4, -0.2) is 65.1 Å². The van der Waals surface area contributed by atoms with Crippen LogP contribution in [0.15, 0.2) is 12.7 Å². The molecule has 0 saturated carbocycles. The SMILES string of the molecule is C=CCO[C@@H]1O[C@H](CO)[C@@H](O)[C@H](O)[C@H]1NC(C)=O. The Morgan fingerprint density at radius 1 is 1.50 bits per heavy atom. The number of hydrogen-bond donors (Lipinski definition) is 4. The number of carbonyl (C=O) groups excluding carboxylic acids is 1. The summed E-state index contributed by atoms with van der Waals surface area (Å²) in [5.74, 6) is -0.385. The van der Waals surface area contributed by atoms with Crippen LogP contribution < -0.4 is 5.32 Å². The van der Waals surface area contributed by atoms with Gasteiger partial charge in [-0.2, -0.15) is 0 Å². The average Bonchev–Trinajstić information content (AvgIpc) is 2.33. The second-order valence-corrected chi connectivity index (χ2v) is 4.05. The van der Waals surface area contributed by atoms with Crippen LogP contribution in [0.5, 0.6) is 0 Å². The molecule has 5 atom stereocenters. The van der Waals surface area contributed by atoms with Gasteiger partial charge in [0, 0.05) is 6.92 Å². The Hall–Kier alpha value is -0.990. The summed E-state index contributed by atoms with van der Waals surface area (Å²) in [6, 6.07) is -0.903. The minimum absolute atomic E-state index is 0.154. The van der Waals surface area contributed by atoms with E-state index in [1.165, 1.54) is 13.0 Å². The maximum absolute atomic E-state index is 11.1. The van der Waals surface area contributed by atoms with Gasteiger partial charge in [0.1, 0.15) is 24.4 Å². The number of aliphatic hydroxyl groups is 3. The molecule has 1 aliphatic heterocycles. The highest BCUT2D eigenvalue weighted by molar-refractivity contribution is 5.73. The number of rotatable bonds is 5. The molecule has 0 aromatic rings. The Labute approximate surface area is 105 Å². The third-order valence-electron chi connectivity index (χ3n) is 2.63. The Morgan fingerprint density at radius 3 is 2.67 bits per heavy atom. The first-order chi connectivity index (χ1) is 8.51. The highest BCUT2D eigenvalue weighted by atomic mass is 16.7. The summed E-state index contributed by atoms with van der Waals surface area (Å²) in [4.78, 5) is 11.1. The Kier molecular flexibility index (Phi) is 5.70. The Balaban J connectivity index is 2.79. The molecule has 0 bridgehead atoms. The molecular weight excluding hydrogens is 242 g/mol. The number of carbonyl (C=O) groups is 1. The van der Waals surface area contributed by atoms with Crippen molar-refractivity contribution in [2.45, 2.75) is 37.6 Å². The van der Waals surface area contributed by atoms with Gasteiger partial charge in [-0.15, -0.1) is 6.58 Å². The summed E-state index contributed by atoms with van der Waals surface area (Å²) < 4.78 is 10.5. The highest BCUT2D eigenvalue weighted by Crippen LogP contribution is 2.22. The first kappa shape index (κ1) is 15.1. The van der Waals surface area contributed by atoms with Crippen molar-refractivity contribution < 1.29 is 29.6 Å². The van der Waals surface area contributed by atoms with E-state index in [-0.39, 0.29) is 12.5 Å². The minimum atomic E-state index is -1.30. The summed E-state index contributed by atoms with van der Waals surface area (Å²) in [6.07, 6.45) is -3.01. The lowest BCUT2D eigenvalue weighted by Gasteiger charge is -2.42. The van der Waals surface area contributed by atoms with Gasteiger partial charge < -0.3 is 30.1 Å². The maximum Gasteiger partial charge on any atom is 0.217 e. The second-order valence-electron chi connectivity index (χ2n) is 4.05. The quantitative estimate of drug-likeness (QED) is 0.432. The van der Waals surface area contributed by atoms with Crippen molar-refractivity contribution in [3.8, 4) is 0 Å². The van der Waals surface area contributed by atoms with Gasteiger partial charge in [-0.3, -0.25) is 4.79 Å². The lowest BCUT2D eigenvalue weighted by atomic mass is 9.97. The van der Waals surface area contributed by atoms with Gasteiger partial charge in [-0.05, 0) is 0 Å². The van der Waals surface area contributed by atoms with Crippen LogP contribution >= 0.6 is 0 Å². The van der Waals surface area contributed by atoms with Crippen LogP contribution in [0.25, 0.3) is 0 Å². The van der Waals surface area contributed by atoms with E-state index >= 15 is 0 Å². The van der Waals surface area contributed by atoms with E-state index in [1.54, 1.807) is 0 Å². The molecule has 1 saturated heterocycles. The second kappa shape index (κ2) is 6.81. The molecule has 0 spiro atoms. The fourth-order valence-electron chi connectivity index (χ4n) is 1.78. The van der Waals surface area contributed by atoms with Gasteiger partial charge in [0.2, 0.25) is 5.91 Å². The van der Waals surface area contributed by atoms with E-state index in [9.17, 15) is 15.0 Å². The normalized spacial score (nSPS) is 36.1. The molecule has 1 rings (SSSR count). The van der Waals surface area contributed by atoms with Crippen molar-refractivity contribution >= 4 is 5.91 Å². The Morgan fingerprint density at radius 2 is 2.17 bits per heavy atom. The smallest absolute Gasteiger partial charge is 0.217 e. The molecule has 18 heavy (non-hydrogen) atoms. The monoisotopic (exact) mass is 261 g/mol. The van der Waals surface area contributed by atoms with E-state index in [0.29, 0.717) is 0 Å². The standard InChI is InChI=1S/C11H19NO6/c1-3-4-17-11-8(12-6(2)14)10(16)9(15)7(5-13)18-11/h3,7-11,13,15-16H,1,4-5H2,2H3,(H,12,14)/t7-,8-,9-,10-,11-/m1/s1. The molecule has 0 radical (unpaired) electrons. The molecule has 0 aliphatic carbocycles. The van der Waals surface area contributed by atoms with Crippen LogP contribution in [0.4, 0.5) is 0 Å². The van der Waals surface area contributed by atoms with Gasteiger partial charge in [0.25, 0.3) is 0 Å². The highest BCUT2D eigenvalue weighted by Gasteiger charge is 2.45. The predicted molar refractivity (Wildman–Crippen MR) is 61.5 cm³/mol. The zero-order valence-electron chi connectivity index (χ0n) is 10.2. The number of amides is 1. The van der Waals surface area contributed by atoms with Crippen LogP contribution in [0, 0.1) is 0 Å². The third-order valence-corrected chi connectivity index (χ3v) is 2.63. The van der Waals surface area contributed by atoms with Crippen molar-refractivity contribution in [3.05, 3.63) is 12.7 Å². The van der Waals surface area contributed by atoms with Crippen LogP contribution in [-0.2, 0) is 14.3 Å². The summed E-state index contributed by atoms with van der Waals surface area (Å²) >= 11 is 0. The summed E-state index contributed by atoms with van der Waals surface area (Å²) in [6.45, 7) is 4.45. The van der Waals surface area contributed by atoms with Gasteiger partial charge in [0.15, 0.2) is 6.29 Å². The molecule has 0 aromatic carbocycles. The van der Waals surface area contributed by atoms with Crippen molar-refractivity contribution in [1.29, 1.82) is 0 Å². The average molecular weight is 261 g/mol. The van der Waals surface area contributed by atoms with Gasteiger partial charge in [-0.1, -0.05) is 6.08 Å². The van der Waals surface area contributed by atoms with Crippen molar-refractivity contribution in [1.82, 2.24) is 5.32 Å². The zero-order chi connectivity index (χ0) is 13.7. The molecule has 4 N–H and O–H groups in total. The topological polar surface area (TPSA) is 108 Å². The lowest BCUT2D eigenvalue weighted by Crippen LogP contribution is -2.64. The lowest BCUT2D eigenvalue weighted by molar-refractivity contribution is -0.267. The van der Waals surface area contributed by atoms with Crippen LogP contribution in [0.3, 0.4) is 0 Å². The molecular formula is C11H19NO6. The molecule has 7 heteroatoms. The molecule has 1 fully saturated rings. The minimum Gasteiger partial charge on any atom is -0.394 e. The molecule has 0 aromatic heterocycles. The molecule has 1 amide bonds. The van der Waals surface area contributed by atoms with Crippen molar-refractivity contribution in [2.24, 2.45) is 0 Å². The number of nitrogens with one attached hydrogen (secondary N) is 1. The van der Waals surface area contributed by atoms with E-state index in [2.05, 4.69) is 11.9 Å². The first-order valence-corrected chi connectivity index (χ1v) is 5.63. The zero-order valence-corrected chi connectivity index (χ0v) is 10.2. The largest absolute Gasteiger partial charge is 0.394 e. The number of hydrogen-bond acceptors (Lipinski definition) is 6. The fourth-order valence-corrected chi connectivity index (χ4v) is 1.78. The van der Waals surface area contributed by atoms with Crippen molar-refractivity contribution in [2.75, 3.05) is 13.2 Å². The molecule has 7 nitrogen and oxygen atoms in total. The Bertz CT molecular complexity index is 297. The number of ether oxygens (including phenoxy) is 2. The third kappa shape index (κ3) is 3.50. The van der Waals surface area contributed by atoms with Crippen molar-refractivity contribution in [3.63, 3.8) is 0 Å². The molecule has 0 unspecified atom stereocenters. The first-order valence-electron chi connectivity index (χ1n) is 5.63. The summed E-state index contributed by atoms with van der Waals surface area (Å²) in [5.41, 5.74) is 0. The van der Waals surface area contributed by atoms with Gasteiger partial charge in [-0.25, -0.2) is 0 Å². The number of aliphatic hydroxyl groups excluding tert-OH is 3. The molecule has 104 valence electrons. The van der Waals surface area contributed by atoms with E-state index in [4.69, 9.17) is 14.6 Å². The predicted octanol–water partition coefficient (Wildman–Crippen LogP) is -1.87. The molecule has 1 heterocycles. The van der Waals surface area contributed by atoms with Crippen LogP contribution in [0.1, 0.15) is 6.92 Å². The maximum atomic E-state index is 11.1. The van der Waals surface area contributed by atoms with Gasteiger partial charge >= 0.3 is 0 Å². The van der Waals surface area contributed by atoms with E-state index in [1.807, 2.05) is 0 Å². The van der Waals surface area contributed by atoms with E-state index in [0.717, 1.165) is 0 Å². The molecule has 1 aliphatic rings. The summed E-state index contributed by atoms with van der Waals surface area (Å²) in [5, 5.41) is 31.1. The summed E-state index contributed by atoms with van der Waals surface area (Å²) in [7, 11) is 0.